The molecule has 1 aromatic heterocycles. The van der Waals surface area contributed by atoms with Gasteiger partial charge in [0.15, 0.2) is 0 Å². The van der Waals surface area contributed by atoms with E-state index >= 15 is 0 Å². The van der Waals surface area contributed by atoms with Crippen LogP contribution >= 0.6 is 0 Å². The molecule has 0 spiro atoms. The second-order valence-corrected chi connectivity index (χ2v) is 7.25. The summed E-state index contributed by atoms with van der Waals surface area (Å²) in [7, 11) is 0. The molecule has 3 aromatic rings. The van der Waals surface area contributed by atoms with Gasteiger partial charge in [-0.1, -0.05) is 30.3 Å². The molecule has 0 saturated carbocycles. The Labute approximate surface area is 174 Å². The average Bonchev–Trinajstić information content (AvgIpc) is 2.79. The first-order valence-electron chi connectivity index (χ1n) is 9.97. The van der Waals surface area contributed by atoms with Gasteiger partial charge in [-0.3, -0.25) is 4.79 Å². The number of fused-ring (bicyclic) bond motifs is 1. The summed E-state index contributed by atoms with van der Waals surface area (Å²) in [6.45, 7) is 4.07. The molecule has 2 heterocycles. The highest BCUT2D eigenvalue weighted by molar-refractivity contribution is 5.98. The monoisotopic (exact) mass is 404 g/mol. The van der Waals surface area contributed by atoms with Gasteiger partial charge in [0.2, 0.25) is 11.9 Å². The number of carbonyl (C=O) groups is 2. The largest absolute Gasteiger partial charge is 0.337 e. The minimum Gasteiger partial charge on any atom is -0.337 e. The Bertz CT molecular complexity index is 1030. The Balaban J connectivity index is 1.29. The number of rotatable bonds is 4. The molecule has 1 fully saturated rings. The molecule has 1 atom stereocenters. The van der Waals surface area contributed by atoms with Crippen molar-refractivity contribution in [2.45, 2.75) is 13.0 Å². The molecule has 1 aliphatic heterocycles. The molecule has 154 valence electrons. The van der Waals surface area contributed by atoms with Crippen molar-refractivity contribution in [1.29, 1.82) is 0 Å². The van der Waals surface area contributed by atoms with Crippen LogP contribution < -0.4 is 15.5 Å². The lowest BCUT2D eigenvalue weighted by Gasteiger charge is -2.35. The molecule has 1 aliphatic rings. The predicted molar refractivity (Wildman–Crippen MR) is 116 cm³/mol. The number of nitrogens with zero attached hydrogens (tertiary/aromatic N) is 4. The molecule has 0 bridgehead atoms. The van der Waals surface area contributed by atoms with E-state index in [2.05, 4.69) is 20.6 Å². The fourth-order valence-corrected chi connectivity index (χ4v) is 3.42. The van der Waals surface area contributed by atoms with Crippen LogP contribution in [0, 0.1) is 0 Å². The first-order valence-corrected chi connectivity index (χ1v) is 9.97. The molecule has 30 heavy (non-hydrogen) atoms. The Morgan fingerprint density at radius 2 is 1.63 bits per heavy atom. The fraction of sp³-hybridized carbons (Fsp3) is 0.273. The van der Waals surface area contributed by atoms with Gasteiger partial charge in [-0.25, -0.2) is 14.8 Å². The maximum atomic E-state index is 12.6. The predicted octanol–water partition coefficient (Wildman–Crippen LogP) is 2.49. The van der Waals surface area contributed by atoms with Gasteiger partial charge >= 0.3 is 6.03 Å². The van der Waals surface area contributed by atoms with Crippen molar-refractivity contribution in [2.75, 3.05) is 36.4 Å². The van der Waals surface area contributed by atoms with Crippen molar-refractivity contribution in [1.82, 2.24) is 20.2 Å². The van der Waals surface area contributed by atoms with E-state index in [0.717, 1.165) is 10.8 Å². The van der Waals surface area contributed by atoms with E-state index < -0.39 is 6.04 Å². The molecule has 8 nitrogen and oxygen atoms in total. The maximum absolute atomic E-state index is 12.6. The minimum absolute atomic E-state index is 0.246. The van der Waals surface area contributed by atoms with Crippen LogP contribution in [0.5, 0.6) is 0 Å². The van der Waals surface area contributed by atoms with Crippen molar-refractivity contribution >= 4 is 34.3 Å². The first-order chi connectivity index (χ1) is 14.6. The molecule has 0 unspecified atom stereocenters. The van der Waals surface area contributed by atoms with Crippen LogP contribution in [-0.2, 0) is 4.79 Å². The zero-order valence-corrected chi connectivity index (χ0v) is 16.8. The molecule has 2 N–H and O–H groups in total. The van der Waals surface area contributed by atoms with Crippen LogP contribution in [0.2, 0.25) is 0 Å². The lowest BCUT2D eigenvalue weighted by molar-refractivity contribution is -0.117. The summed E-state index contributed by atoms with van der Waals surface area (Å²) in [5, 5.41) is 7.82. The van der Waals surface area contributed by atoms with Crippen LogP contribution in [0.4, 0.5) is 16.4 Å². The van der Waals surface area contributed by atoms with E-state index in [4.69, 9.17) is 0 Å². The minimum atomic E-state index is -0.653. The maximum Gasteiger partial charge on any atom is 0.318 e. The van der Waals surface area contributed by atoms with E-state index in [0.29, 0.717) is 37.8 Å². The lowest BCUT2D eigenvalue weighted by Crippen LogP contribution is -2.55. The summed E-state index contributed by atoms with van der Waals surface area (Å²) >= 11 is 0. The van der Waals surface area contributed by atoms with Crippen LogP contribution in [-0.4, -0.2) is 59.0 Å². The summed E-state index contributed by atoms with van der Waals surface area (Å²) in [4.78, 5) is 37.3. The van der Waals surface area contributed by atoms with Gasteiger partial charge in [0.25, 0.3) is 0 Å². The normalized spacial score (nSPS) is 15.0. The van der Waals surface area contributed by atoms with E-state index in [1.54, 1.807) is 30.3 Å². The SMILES string of the molecule is C[C@H](NC(=O)N1CCN(c2ncccn2)CC1)C(=O)Nc1ccc2ccccc2c1. The highest BCUT2D eigenvalue weighted by Gasteiger charge is 2.25. The van der Waals surface area contributed by atoms with Crippen molar-refractivity contribution in [3.8, 4) is 0 Å². The average molecular weight is 404 g/mol. The van der Waals surface area contributed by atoms with Crippen LogP contribution in [0.1, 0.15) is 6.92 Å². The van der Waals surface area contributed by atoms with E-state index in [-0.39, 0.29) is 11.9 Å². The third kappa shape index (κ3) is 4.48. The van der Waals surface area contributed by atoms with Gasteiger partial charge in [0.05, 0.1) is 0 Å². The van der Waals surface area contributed by atoms with Gasteiger partial charge in [0, 0.05) is 44.3 Å². The summed E-state index contributed by atoms with van der Waals surface area (Å²) in [6, 6.07) is 14.6. The fourth-order valence-electron chi connectivity index (χ4n) is 3.42. The van der Waals surface area contributed by atoms with Gasteiger partial charge < -0.3 is 20.4 Å². The number of hydrogen-bond donors (Lipinski definition) is 2. The molecule has 8 heteroatoms. The molecule has 0 aliphatic carbocycles. The van der Waals surface area contributed by atoms with Gasteiger partial charge in [-0.2, -0.15) is 0 Å². The molecular formula is C22H24N6O2. The first kappa shape index (κ1) is 19.6. The number of nitrogens with one attached hydrogen (secondary N) is 2. The zero-order chi connectivity index (χ0) is 20.9. The Kier molecular flexibility index (Phi) is 5.74. The van der Waals surface area contributed by atoms with Gasteiger partial charge in [-0.05, 0) is 35.9 Å². The molecule has 0 radical (unpaired) electrons. The van der Waals surface area contributed by atoms with Crippen molar-refractivity contribution < 1.29 is 9.59 Å². The van der Waals surface area contributed by atoms with Crippen LogP contribution in [0.25, 0.3) is 10.8 Å². The molecular weight excluding hydrogens is 380 g/mol. The summed E-state index contributed by atoms with van der Waals surface area (Å²) in [5.41, 5.74) is 0.705. The number of urea groups is 1. The topological polar surface area (TPSA) is 90.5 Å². The molecule has 4 rings (SSSR count). The van der Waals surface area contributed by atoms with Gasteiger partial charge in [0.1, 0.15) is 6.04 Å². The van der Waals surface area contributed by atoms with Crippen LogP contribution in [0.3, 0.4) is 0 Å². The second kappa shape index (κ2) is 8.77. The number of aromatic nitrogens is 2. The second-order valence-electron chi connectivity index (χ2n) is 7.25. The molecule has 2 aromatic carbocycles. The van der Waals surface area contributed by atoms with E-state index in [1.165, 1.54) is 0 Å². The third-order valence-electron chi connectivity index (χ3n) is 5.15. The Morgan fingerprint density at radius 3 is 2.37 bits per heavy atom. The van der Waals surface area contributed by atoms with E-state index in [1.807, 2.05) is 47.4 Å². The number of hydrogen-bond acceptors (Lipinski definition) is 5. The third-order valence-corrected chi connectivity index (χ3v) is 5.15. The standard InChI is InChI=1S/C22H24N6O2/c1-16(20(29)26-19-8-7-17-5-2-3-6-18(17)15-19)25-22(30)28-13-11-27(12-14-28)21-23-9-4-10-24-21/h2-10,15-16H,11-14H2,1H3,(H,25,30)(H,26,29)/t16-/m0/s1. The number of carbonyl (C=O) groups excluding carboxylic acids is 2. The van der Waals surface area contributed by atoms with Crippen molar-refractivity contribution in [2.24, 2.45) is 0 Å². The zero-order valence-electron chi connectivity index (χ0n) is 16.8. The number of piperazine rings is 1. The summed E-state index contributed by atoms with van der Waals surface area (Å²) in [5.74, 6) is 0.413. The quantitative estimate of drug-likeness (QED) is 0.697. The highest BCUT2D eigenvalue weighted by atomic mass is 16.2. The summed E-state index contributed by atoms with van der Waals surface area (Å²) in [6.07, 6.45) is 3.41. The van der Waals surface area contributed by atoms with E-state index in [9.17, 15) is 9.59 Å². The Morgan fingerprint density at radius 1 is 0.933 bits per heavy atom. The van der Waals surface area contributed by atoms with Crippen molar-refractivity contribution in [3.63, 3.8) is 0 Å². The molecule has 1 saturated heterocycles. The van der Waals surface area contributed by atoms with Crippen LogP contribution in [0.15, 0.2) is 60.9 Å². The number of anilines is 2. The number of amides is 3. The number of benzene rings is 2. The Hall–Kier alpha value is -3.68. The molecule has 3 amide bonds. The highest BCUT2D eigenvalue weighted by Crippen LogP contribution is 2.19. The smallest absolute Gasteiger partial charge is 0.318 e. The summed E-state index contributed by atoms with van der Waals surface area (Å²) < 4.78 is 0. The van der Waals surface area contributed by atoms with Crippen molar-refractivity contribution in [3.05, 3.63) is 60.9 Å². The van der Waals surface area contributed by atoms with Gasteiger partial charge in [-0.15, -0.1) is 0 Å². The lowest BCUT2D eigenvalue weighted by atomic mass is 10.1.